The maximum absolute atomic E-state index is 11.0. The van der Waals surface area contributed by atoms with Gasteiger partial charge in [-0.2, -0.15) is 0 Å². The monoisotopic (exact) mass is 518 g/mol. The van der Waals surface area contributed by atoms with Crippen LogP contribution in [0.1, 0.15) is 51.2 Å². The minimum absolute atomic E-state index is 0.0753. The molecule has 2 fully saturated rings. The fraction of sp³-hybridized carbons (Fsp3) is 0.500. The van der Waals surface area contributed by atoms with Gasteiger partial charge in [0.15, 0.2) is 11.9 Å². The van der Waals surface area contributed by atoms with E-state index in [1.165, 1.54) is 0 Å². The minimum atomic E-state index is -1.20. The molecule has 202 valence electrons. The van der Waals surface area contributed by atoms with Gasteiger partial charge in [-0.25, -0.2) is 0 Å². The second-order valence-corrected chi connectivity index (χ2v) is 11.0. The number of benzene rings is 2. The van der Waals surface area contributed by atoms with Crippen molar-refractivity contribution in [2.24, 2.45) is 11.3 Å². The van der Waals surface area contributed by atoms with Crippen molar-refractivity contribution in [3.8, 4) is 11.8 Å². The Hall–Kier alpha value is -2.50. The summed E-state index contributed by atoms with van der Waals surface area (Å²) in [5, 5.41) is 11.0. The van der Waals surface area contributed by atoms with Crippen LogP contribution in [0.15, 0.2) is 72.3 Å². The van der Waals surface area contributed by atoms with Gasteiger partial charge in [-0.1, -0.05) is 92.4 Å². The van der Waals surface area contributed by atoms with Crippen molar-refractivity contribution < 1.29 is 28.8 Å². The quantitative estimate of drug-likeness (QED) is 0.260. The Bertz CT molecular complexity index is 1170. The third-order valence-electron chi connectivity index (χ3n) is 8.24. The lowest BCUT2D eigenvalue weighted by atomic mass is 9.53. The summed E-state index contributed by atoms with van der Waals surface area (Å²) < 4.78 is 31.6. The lowest BCUT2D eigenvalue weighted by Gasteiger charge is -2.64. The summed E-state index contributed by atoms with van der Waals surface area (Å²) >= 11 is 0. The van der Waals surface area contributed by atoms with Crippen LogP contribution in [0.5, 0.6) is 0 Å². The number of hydrogen-bond donors (Lipinski definition) is 1. The molecule has 0 amide bonds. The van der Waals surface area contributed by atoms with E-state index in [9.17, 15) is 5.11 Å². The highest BCUT2D eigenvalue weighted by Gasteiger charge is 2.72. The van der Waals surface area contributed by atoms with Crippen LogP contribution in [0.25, 0.3) is 0 Å². The van der Waals surface area contributed by atoms with Crippen LogP contribution in [0.2, 0.25) is 0 Å². The molecule has 6 heteroatoms. The molecule has 1 saturated carbocycles. The summed E-state index contributed by atoms with van der Waals surface area (Å²) in [5.41, 5.74) is 0.443. The van der Waals surface area contributed by atoms with E-state index in [0.29, 0.717) is 26.1 Å². The van der Waals surface area contributed by atoms with Crippen molar-refractivity contribution in [3.63, 3.8) is 0 Å². The van der Waals surface area contributed by atoms with Gasteiger partial charge in [-0.3, -0.25) is 0 Å². The first-order valence-corrected chi connectivity index (χ1v) is 13.4. The molecule has 6 atom stereocenters. The third kappa shape index (κ3) is 5.08. The van der Waals surface area contributed by atoms with Gasteiger partial charge in [0.25, 0.3) is 0 Å². The zero-order chi connectivity index (χ0) is 26.6. The van der Waals surface area contributed by atoms with Crippen LogP contribution in [0, 0.1) is 23.2 Å². The zero-order valence-electron chi connectivity index (χ0n) is 22.5. The van der Waals surface area contributed by atoms with Crippen molar-refractivity contribution in [2.75, 3.05) is 13.6 Å². The molecule has 0 radical (unpaired) electrons. The van der Waals surface area contributed by atoms with Gasteiger partial charge >= 0.3 is 0 Å². The van der Waals surface area contributed by atoms with Crippen LogP contribution in [0.4, 0.5) is 0 Å². The van der Waals surface area contributed by atoms with E-state index in [1.807, 2.05) is 67.6 Å². The maximum Gasteiger partial charge on any atom is 0.187 e. The predicted octanol–water partition coefficient (Wildman–Crippen LogP) is 5.35. The van der Waals surface area contributed by atoms with E-state index in [0.717, 1.165) is 23.1 Å². The second kappa shape index (κ2) is 11.3. The van der Waals surface area contributed by atoms with Gasteiger partial charge in [0.1, 0.15) is 25.3 Å². The molecular weight excluding hydrogens is 480 g/mol. The second-order valence-electron chi connectivity index (χ2n) is 11.0. The third-order valence-corrected chi connectivity index (χ3v) is 8.24. The fourth-order valence-electron chi connectivity index (χ4n) is 6.49. The Kier molecular flexibility index (Phi) is 8.06. The summed E-state index contributed by atoms with van der Waals surface area (Å²) in [5.74, 6) is 6.81. The molecule has 0 spiro atoms. The Balaban J connectivity index is 1.40. The smallest absolute Gasteiger partial charge is 0.187 e. The molecule has 1 saturated heterocycles. The summed E-state index contributed by atoms with van der Waals surface area (Å²) in [4.78, 5) is 0. The van der Waals surface area contributed by atoms with Crippen LogP contribution in [0.3, 0.4) is 0 Å². The Morgan fingerprint density at radius 2 is 1.61 bits per heavy atom. The number of allylic oxidation sites excluding steroid dienone is 1. The van der Waals surface area contributed by atoms with Crippen molar-refractivity contribution >= 4 is 0 Å². The molecule has 2 aliphatic carbocycles. The molecule has 1 heterocycles. The van der Waals surface area contributed by atoms with E-state index in [2.05, 4.69) is 31.8 Å². The summed E-state index contributed by atoms with van der Waals surface area (Å²) in [6, 6.07) is 20.0. The summed E-state index contributed by atoms with van der Waals surface area (Å²) in [7, 11) is 0. The van der Waals surface area contributed by atoms with E-state index in [4.69, 9.17) is 23.7 Å². The molecule has 2 bridgehead atoms. The van der Waals surface area contributed by atoms with E-state index < -0.39 is 29.0 Å². The number of aliphatic hydroxyl groups excluding tert-OH is 1. The van der Waals surface area contributed by atoms with Crippen LogP contribution in [-0.4, -0.2) is 42.3 Å². The number of aliphatic hydroxyl groups is 1. The first-order valence-electron chi connectivity index (χ1n) is 13.4. The molecule has 6 nitrogen and oxygen atoms in total. The SMILES string of the molecule is CC1=CC2(C)CC(O)OC3(C#C1)C(OCOCc1ccccc1)C(C)CC[C@]23OCOCc1ccccc1. The number of hydrogen-bond acceptors (Lipinski definition) is 6. The summed E-state index contributed by atoms with van der Waals surface area (Å²) in [6.45, 7) is 7.30. The highest BCUT2D eigenvalue weighted by molar-refractivity contribution is 5.44. The lowest BCUT2D eigenvalue weighted by Crippen LogP contribution is -2.76. The minimum Gasteiger partial charge on any atom is -0.368 e. The molecule has 1 N–H and O–H groups in total. The van der Waals surface area contributed by atoms with Crippen molar-refractivity contribution in [3.05, 3.63) is 83.4 Å². The van der Waals surface area contributed by atoms with Crippen molar-refractivity contribution in [1.29, 1.82) is 0 Å². The van der Waals surface area contributed by atoms with Crippen molar-refractivity contribution in [2.45, 2.75) is 76.8 Å². The summed E-state index contributed by atoms with van der Waals surface area (Å²) in [6.07, 6.45) is 2.62. The van der Waals surface area contributed by atoms with Crippen LogP contribution >= 0.6 is 0 Å². The normalized spacial score (nSPS) is 33.9. The molecular formula is C32H38O6. The Morgan fingerprint density at radius 1 is 0.974 bits per heavy atom. The molecule has 3 aliphatic rings. The van der Waals surface area contributed by atoms with E-state index in [1.54, 1.807) is 0 Å². The largest absolute Gasteiger partial charge is 0.368 e. The lowest BCUT2D eigenvalue weighted by molar-refractivity contribution is -0.374. The molecule has 5 unspecified atom stereocenters. The van der Waals surface area contributed by atoms with E-state index >= 15 is 0 Å². The van der Waals surface area contributed by atoms with Crippen LogP contribution in [-0.2, 0) is 36.9 Å². The Morgan fingerprint density at radius 3 is 2.26 bits per heavy atom. The van der Waals surface area contributed by atoms with Crippen molar-refractivity contribution in [1.82, 2.24) is 0 Å². The molecule has 1 aliphatic heterocycles. The first kappa shape index (κ1) is 27.1. The first-order chi connectivity index (χ1) is 18.4. The van der Waals surface area contributed by atoms with Gasteiger partial charge in [-0.15, -0.1) is 0 Å². The molecule has 38 heavy (non-hydrogen) atoms. The standard InChI is InChI=1S/C32H38O6/c1-24-14-16-31-29(36-22-34-20-26-10-6-4-7-11-26)25(2)15-17-32(31,30(3,18-24)19-28(33)38-31)37-23-35-21-27-12-8-5-9-13-27/h4-13,18,25,28-29,33H,15,17,19-23H2,1-3H3/t25?,28?,29?,30?,31?,32-/m0/s1. The van der Waals surface area contributed by atoms with Crippen LogP contribution < -0.4 is 0 Å². The predicted molar refractivity (Wildman–Crippen MR) is 143 cm³/mol. The number of rotatable bonds is 10. The highest BCUT2D eigenvalue weighted by atomic mass is 16.7. The Labute approximate surface area is 225 Å². The van der Waals surface area contributed by atoms with Gasteiger partial charge in [0.05, 0.1) is 13.2 Å². The van der Waals surface area contributed by atoms with E-state index in [-0.39, 0.29) is 19.5 Å². The zero-order valence-corrected chi connectivity index (χ0v) is 22.5. The maximum atomic E-state index is 11.0. The fourth-order valence-corrected chi connectivity index (χ4v) is 6.49. The van der Waals surface area contributed by atoms with Gasteiger partial charge in [-0.05, 0) is 42.4 Å². The van der Waals surface area contributed by atoms with Gasteiger partial charge < -0.3 is 28.8 Å². The van der Waals surface area contributed by atoms with Gasteiger partial charge in [0.2, 0.25) is 0 Å². The van der Waals surface area contributed by atoms with Gasteiger partial charge in [0, 0.05) is 11.8 Å². The molecule has 0 aromatic heterocycles. The average molecular weight is 519 g/mol. The molecule has 2 aromatic rings. The topological polar surface area (TPSA) is 66.4 Å². The number of ether oxygens (including phenoxy) is 5. The molecule has 2 aromatic carbocycles. The average Bonchev–Trinajstić information content (AvgIpc) is 2.95. The molecule has 5 rings (SSSR count). The highest BCUT2D eigenvalue weighted by Crippen LogP contribution is 2.61.